The zero-order valence-electron chi connectivity index (χ0n) is 17.9. The molecule has 0 saturated heterocycles. The van der Waals surface area contributed by atoms with Gasteiger partial charge in [0.2, 0.25) is 0 Å². The van der Waals surface area contributed by atoms with Crippen LogP contribution in [0.4, 0.5) is 0 Å². The monoisotopic (exact) mass is 462 g/mol. The number of aromatic nitrogens is 2. The fraction of sp³-hybridized carbons (Fsp3) is 0.381. The predicted molar refractivity (Wildman–Crippen MR) is 112 cm³/mol. The molecule has 0 radical (unpaired) electrons. The normalized spacial score (nSPS) is 10.7. The Kier molecular flexibility index (Phi) is 9.82. The minimum Gasteiger partial charge on any atom is -0.469 e. The number of pyridine rings is 2. The average molecular weight is 462 g/mol. The van der Waals surface area contributed by atoms with Crippen molar-refractivity contribution in [3.63, 3.8) is 0 Å². The third-order valence-electron chi connectivity index (χ3n) is 4.59. The van der Waals surface area contributed by atoms with Gasteiger partial charge in [0.05, 0.1) is 62.2 Å². The Morgan fingerprint density at radius 2 is 1.09 bits per heavy atom. The number of aliphatic hydroxyl groups excluding tert-OH is 4. The number of ether oxygens (including phenoxy) is 1. The average Bonchev–Trinajstić information content (AvgIpc) is 2.86. The molecule has 0 spiro atoms. The minimum absolute atomic E-state index is 0.135. The van der Waals surface area contributed by atoms with E-state index < -0.39 is 50.1 Å². The van der Waals surface area contributed by atoms with Gasteiger partial charge in [0.1, 0.15) is 0 Å². The molecular weight excluding hydrogens is 436 g/mol. The summed E-state index contributed by atoms with van der Waals surface area (Å²) in [5.41, 5.74) is 1.07. The molecule has 2 aromatic heterocycles. The first kappa shape index (κ1) is 25.8. The summed E-state index contributed by atoms with van der Waals surface area (Å²) >= 11 is 0. The molecule has 0 aliphatic heterocycles. The van der Waals surface area contributed by atoms with Crippen LogP contribution in [0.2, 0.25) is 0 Å². The highest BCUT2D eigenvalue weighted by Gasteiger charge is 2.22. The van der Waals surface area contributed by atoms with Gasteiger partial charge in [-0.3, -0.25) is 24.4 Å². The molecule has 0 bridgehead atoms. The summed E-state index contributed by atoms with van der Waals surface area (Å²) in [5.74, 6) is -2.73. The molecule has 178 valence electrons. The van der Waals surface area contributed by atoms with Gasteiger partial charge >= 0.3 is 5.97 Å². The van der Waals surface area contributed by atoms with E-state index in [0.717, 1.165) is 0 Å². The number of hydrogen-bond donors (Lipinski definition) is 6. The number of amides is 2. The number of carbonyl (C=O) groups excluding carboxylic acids is 3. The van der Waals surface area contributed by atoms with Gasteiger partial charge in [0.15, 0.2) is 0 Å². The van der Waals surface area contributed by atoms with Crippen molar-refractivity contribution in [3.8, 4) is 0 Å². The van der Waals surface area contributed by atoms with E-state index in [0.29, 0.717) is 0 Å². The van der Waals surface area contributed by atoms with E-state index in [9.17, 15) is 34.8 Å². The van der Waals surface area contributed by atoms with Crippen LogP contribution in [-0.4, -0.2) is 68.4 Å². The Morgan fingerprint density at radius 1 is 0.758 bits per heavy atom. The van der Waals surface area contributed by atoms with E-state index in [1.807, 2.05) is 0 Å². The van der Waals surface area contributed by atoms with Crippen molar-refractivity contribution in [2.75, 3.05) is 20.2 Å². The molecule has 0 aliphatic rings. The standard InChI is InChI=1S/C21H26N4O8/c1-33-21(32)14(6-22-19(30)12-2-15(8-26)24-16(3-12)9-27)7-23-20(31)13-4-17(10-28)25-18(5-13)11-29/h2-5,14,26-29H,6-11H2,1H3,(H,22,30)(H,23,31). The molecular formula is C21H26N4O8. The first-order valence-corrected chi connectivity index (χ1v) is 9.92. The van der Waals surface area contributed by atoms with Gasteiger partial charge in [-0.2, -0.15) is 0 Å². The smallest absolute Gasteiger partial charge is 0.312 e. The highest BCUT2D eigenvalue weighted by molar-refractivity contribution is 5.95. The van der Waals surface area contributed by atoms with Crippen molar-refractivity contribution in [1.29, 1.82) is 0 Å². The highest BCUT2D eigenvalue weighted by atomic mass is 16.5. The summed E-state index contributed by atoms with van der Waals surface area (Å²) in [6.45, 7) is -2.02. The maximum atomic E-state index is 12.5. The summed E-state index contributed by atoms with van der Waals surface area (Å²) in [7, 11) is 1.17. The number of carbonyl (C=O) groups is 3. The fourth-order valence-corrected chi connectivity index (χ4v) is 2.93. The molecule has 2 heterocycles. The maximum Gasteiger partial charge on any atom is 0.312 e. The zero-order valence-corrected chi connectivity index (χ0v) is 17.9. The minimum atomic E-state index is -0.921. The van der Waals surface area contributed by atoms with Crippen molar-refractivity contribution in [1.82, 2.24) is 20.6 Å². The number of methoxy groups -OCH3 is 1. The van der Waals surface area contributed by atoms with Gasteiger partial charge < -0.3 is 35.8 Å². The number of nitrogens with one attached hydrogen (secondary N) is 2. The first-order valence-electron chi connectivity index (χ1n) is 9.92. The Hall–Kier alpha value is -3.45. The molecule has 33 heavy (non-hydrogen) atoms. The topological polar surface area (TPSA) is 191 Å². The van der Waals surface area contributed by atoms with E-state index in [1.165, 1.54) is 31.4 Å². The summed E-state index contributed by atoms with van der Waals surface area (Å²) in [5, 5.41) is 42.2. The quantitative estimate of drug-likeness (QED) is 0.212. The van der Waals surface area contributed by atoms with E-state index >= 15 is 0 Å². The second-order valence-electron chi connectivity index (χ2n) is 6.95. The molecule has 0 unspecified atom stereocenters. The van der Waals surface area contributed by atoms with Crippen LogP contribution in [0.25, 0.3) is 0 Å². The molecule has 2 amide bonds. The van der Waals surface area contributed by atoms with Crippen LogP contribution in [0.3, 0.4) is 0 Å². The van der Waals surface area contributed by atoms with Crippen molar-refractivity contribution in [3.05, 3.63) is 58.2 Å². The van der Waals surface area contributed by atoms with E-state index in [2.05, 4.69) is 20.6 Å². The van der Waals surface area contributed by atoms with Gasteiger partial charge in [0.25, 0.3) is 11.8 Å². The summed E-state index contributed by atoms with van der Waals surface area (Å²) in [4.78, 5) is 45.0. The van der Waals surface area contributed by atoms with Crippen molar-refractivity contribution >= 4 is 17.8 Å². The molecule has 0 atom stereocenters. The Labute approximate surface area is 189 Å². The molecule has 2 rings (SSSR count). The summed E-state index contributed by atoms with van der Waals surface area (Å²) < 4.78 is 4.74. The number of rotatable bonds is 11. The second-order valence-corrected chi connectivity index (χ2v) is 6.95. The van der Waals surface area contributed by atoms with Crippen molar-refractivity contribution in [2.45, 2.75) is 26.4 Å². The predicted octanol–water partition coefficient (Wildman–Crippen LogP) is -1.61. The molecule has 0 aliphatic carbocycles. The lowest BCUT2D eigenvalue weighted by atomic mass is 10.1. The highest BCUT2D eigenvalue weighted by Crippen LogP contribution is 2.09. The summed E-state index contributed by atoms with van der Waals surface area (Å²) in [6.07, 6.45) is 0. The molecule has 0 saturated carbocycles. The molecule has 0 aromatic carbocycles. The van der Waals surface area contributed by atoms with Gasteiger partial charge in [-0.15, -0.1) is 0 Å². The maximum absolute atomic E-state index is 12.5. The van der Waals surface area contributed by atoms with Crippen LogP contribution in [0.1, 0.15) is 43.5 Å². The second kappa shape index (κ2) is 12.6. The van der Waals surface area contributed by atoms with Crippen LogP contribution in [0.5, 0.6) is 0 Å². The van der Waals surface area contributed by atoms with Gasteiger partial charge in [0, 0.05) is 24.2 Å². The van der Waals surface area contributed by atoms with Gasteiger partial charge in [-0.1, -0.05) is 0 Å². The summed E-state index contributed by atoms with van der Waals surface area (Å²) in [6, 6.07) is 5.41. The van der Waals surface area contributed by atoms with Gasteiger partial charge in [-0.05, 0) is 24.3 Å². The molecule has 0 fully saturated rings. The SMILES string of the molecule is COC(=O)C(CNC(=O)c1cc(CO)nc(CO)c1)CNC(=O)c1cc(CO)nc(CO)c1. The van der Waals surface area contributed by atoms with E-state index in [4.69, 9.17) is 4.74 Å². The van der Waals surface area contributed by atoms with Crippen LogP contribution in [0, 0.1) is 5.92 Å². The fourth-order valence-electron chi connectivity index (χ4n) is 2.93. The Balaban J connectivity index is 2.06. The largest absolute Gasteiger partial charge is 0.469 e. The van der Waals surface area contributed by atoms with Crippen LogP contribution in [0.15, 0.2) is 24.3 Å². The van der Waals surface area contributed by atoms with Gasteiger partial charge in [-0.25, -0.2) is 0 Å². The van der Waals surface area contributed by atoms with Crippen molar-refractivity contribution < 1.29 is 39.5 Å². The zero-order chi connectivity index (χ0) is 24.4. The Bertz CT molecular complexity index is 882. The number of nitrogens with zero attached hydrogens (tertiary/aromatic N) is 2. The molecule has 12 heteroatoms. The number of esters is 1. The third-order valence-corrected chi connectivity index (χ3v) is 4.59. The lowest BCUT2D eigenvalue weighted by molar-refractivity contribution is -0.144. The number of aliphatic hydroxyl groups is 4. The lowest BCUT2D eigenvalue weighted by Crippen LogP contribution is -2.41. The van der Waals surface area contributed by atoms with Crippen LogP contribution < -0.4 is 10.6 Å². The van der Waals surface area contributed by atoms with E-state index in [1.54, 1.807) is 0 Å². The Morgan fingerprint density at radius 3 is 1.36 bits per heavy atom. The molecule has 6 N–H and O–H groups in total. The van der Waals surface area contributed by atoms with Crippen LogP contribution >= 0.6 is 0 Å². The van der Waals surface area contributed by atoms with E-state index in [-0.39, 0.29) is 47.0 Å². The third kappa shape index (κ3) is 7.29. The number of hydrogen-bond acceptors (Lipinski definition) is 10. The lowest BCUT2D eigenvalue weighted by Gasteiger charge is -2.17. The molecule has 12 nitrogen and oxygen atoms in total. The first-order chi connectivity index (χ1) is 15.8. The van der Waals surface area contributed by atoms with Crippen LogP contribution in [-0.2, 0) is 36.0 Å². The molecule has 2 aromatic rings. The van der Waals surface area contributed by atoms with Crippen molar-refractivity contribution in [2.24, 2.45) is 5.92 Å².